The van der Waals surface area contributed by atoms with Crippen molar-refractivity contribution in [3.63, 3.8) is 0 Å². The van der Waals surface area contributed by atoms with Crippen LogP contribution in [-0.4, -0.2) is 5.54 Å². The van der Waals surface area contributed by atoms with E-state index >= 15 is 0 Å². The number of hydrogen-bond donors (Lipinski definition) is 1. The molecule has 1 saturated carbocycles. The van der Waals surface area contributed by atoms with E-state index in [-0.39, 0.29) is 5.54 Å². The van der Waals surface area contributed by atoms with E-state index in [9.17, 15) is 0 Å². The van der Waals surface area contributed by atoms with E-state index in [4.69, 9.17) is 5.73 Å². The van der Waals surface area contributed by atoms with Gasteiger partial charge in [0.05, 0.1) is 0 Å². The van der Waals surface area contributed by atoms with Crippen LogP contribution < -0.4 is 5.73 Å². The summed E-state index contributed by atoms with van der Waals surface area (Å²) in [6.07, 6.45) is 5.88. The average Bonchev–Trinajstić information content (AvgIpc) is 2.31. The third kappa shape index (κ3) is 4.06. The smallest absolute Gasteiger partial charge is 0.0195 e. The van der Waals surface area contributed by atoms with Crippen LogP contribution in [0.3, 0.4) is 0 Å². The average molecular weight is 324 g/mol. The van der Waals surface area contributed by atoms with Crippen LogP contribution in [0.4, 0.5) is 0 Å². The van der Waals surface area contributed by atoms with E-state index in [0.717, 1.165) is 29.7 Å². The lowest BCUT2D eigenvalue weighted by Crippen LogP contribution is -2.46. The third-order valence-electron chi connectivity index (χ3n) is 4.68. The molecular formula is C17H26BrN. The maximum atomic E-state index is 6.62. The Hall–Kier alpha value is -0.340. The summed E-state index contributed by atoms with van der Waals surface area (Å²) in [6.45, 7) is 7.07. The molecule has 1 aromatic carbocycles. The first kappa shape index (κ1) is 15.1. The first-order valence-electron chi connectivity index (χ1n) is 7.32. The standard InChI is InChI=1S/C17H26BrN/c1-16(2,3)14-8-10-17(19,11-9-14)12-13-4-6-15(18)7-5-13/h4-7,14H,8-12,19H2,1-3H3. The van der Waals surface area contributed by atoms with Crippen LogP contribution in [0.25, 0.3) is 0 Å². The molecule has 0 aromatic heterocycles. The van der Waals surface area contributed by atoms with E-state index in [1.807, 2.05) is 0 Å². The van der Waals surface area contributed by atoms with Crippen LogP contribution in [-0.2, 0) is 6.42 Å². The molecule has 0 spiro atoms. The van der Waals surface area contributed by atoms with Gasteiger partial charge in [0.2, 0.25) is 0 Å². The molecule has 106 valence electrons. The summed E-state index contributed by atoms with van der Waals surface area (Å²) in [4.78, 5) is 0. The Morgan fingerprint density at radius 1 is 1.16 bits per heavy atom. The lowest BCUT2D eigenvalue weighted by atomic mass is 9.66. The molecule has 2 rings (SSSR count). The van der Waals surface area contributed by atoms with E-state index in [1.54, 1.807) is 0 Å². The summed E-state index contributed by atoms with van der Waals surface area (Å²) in [6, 6.07) is 8.60. The minimum Gasteiger partial charge on any atom is -0.325 e. The Bertz CT molecular complexity index is 408. The van der Waals surface area contributed by atoms with Crippen molar-refractivity contribution in [2.24, 2.45) is 17.1 Å². The second kappa shape index (κ2) is 5.57. The molecule has 1 aliphatic rings. The van der Waals surface area contributed by atoms with Crippen molar-refractivity contribution in [3.05, 3.63) is 34.3 Å². The fourth-order valence-corrected chi connectivity index (χ4v) is 3.51. The molecule has 0 bridgehead atoms. The number of benzene rings is 1. The van der Waals surface area contributed by atoms with Gasteiger partial charge in [0, 0.05) is 10.0 Å². The highest BCUT2D eigenvalue weighted by atomic mass is 79.9. The fourth-order valence-electron chi connectivity index (χ4n) is 3.24. The summed E-state index contributed by atoms with van der Waals surface area (Å²) < 4.78 is 1.14. The summed E-state index contributed by atoms with van der Waals surface area (Å²) in [5, 5.41) is 0. The highest BCUT2D eigenvalue weighted by molar-refractivity contribution is 9.10. The Balaban J connectivity index is 1.96. The SMILES string of the molecule is CC(C)(C)C1CCC(N)(Cc2ccc(Br)cc2)CC1. The fraction of sp³-hybridized carbons (Fsp3) is 0.647. The largest absolute Gasteiger partial charge is 0.325 e. The monoisotopic (exact) mass is 323 g/mol. The zero-order valence-corrected chi connectivity index (χ0v) is 14.0. The summed E-state index contributed by atoms with van der Waals surface area (Å²) >= 11 is 3.48. The van der Waals surface area contributed by atoms with Gasteiger partial charge in [0.15, 0.2) is 0 Å². The molecule has 0 aliphatic heterocycles. The number of halogens is 1. The van der Waals surface area contributed by atoms with Crippen LogP contribution in [0.15, 0.2) is 28.7 Å². The topological polar surface area (TPSA) is 26.0 Å². The molecule has 2 N–H and O–H groups in total. The molecule has 1 fully saturated rings. The molecule has 0 heterocycles. The minimum atomic E-state index is 0.00950. The predicted molar refractivity (Wildman–Crippen MR) is 86.2 cm³/mol. The van der Waals surface area contributed by atoms with Crippen LogP contribution in [0.5, 0.6) is 0 Å². The summed E-state index contributed by atoms with van der Waals surface area (Å²) in [5.41, 5.74) is 8.42. The lowest BCUT2D eigenvalue weighted by molar-refractivity contribution is 0.134. The Morgan fingerprint density at radius 2 is 1.68 bits per heavy atom. The molecule has 0 unspecified atom stereocenters. The summed E-state index contributed by atoms with van der Waals surface area (Å²) in [7, 11) is 0. The van der Waals surface area contributed by atoms with Gasteiger partial charge in [-0.15, -0.1) is 0 Å². The van der Waals surface area contributed by atoms with E-state index in [0.29, 0.717) is 5.41 Å². The quantitative estimate of drug-likeness (QED) is 0.820. The van der Waals surface area contributed by atoms with Crippen molar-refractivity contribution >= 4 is 15.9 Å². The van der Waals surface area contributed by atoms with Gasteiger partial charge in [-0.2, -0.15) is 0 Å². The van der Waals surface area contributed by atoms with Crippen LogP contribution in [0.2, 0.25) is 0 Å². The molecule has 19 heavy (non-hydrogen) atoms. The zero-order chi connectivity index (χ0) is 14.1. The minimum absolute atomic E-state index is 0.00950. The second-order valence-electron chi connectivity index (χ2n) is 7.31. The highest BCUT2D eigenvalue weighted by Crippen LogP contribution is 2.41. The number of nitrogens with two attached hydrogens (primary N) is 1. The molecular weight excluding hydrogens is 298 g/mol. The molecule has 0 atom stereocenters. The van der Waals surface area contributed by atoms with Crippen molar-refractivity contribution in [3.8, 4) is 0 Å². The van der Waals surface area contributed by atoms with Crippen molar-refractivity contribution < 1.29 is 0 Å². The molecule has 0 amide bonds. The normalized spacial score (nSPS) is 28.4. The van der Waals surface area contributed by atoms with Gasteiger partial charge < -0.3 is 5.73 Å². The van der Waals surface area contributed by atoms with Gasteiger partial charge in [-0.1, -0.05) is 48.8 Å². The number of hydrogen-bond acceptors (Lipinski definition) is 1. The first-order chi connectivity index (χ1) is 8.78. The van der Waals surface area contributed by atoms with Gasteiger partial charge in [-0.25, -0.2) is 0 Å². The molecule has 1 aliphatic carbocycles. The van der Waals surface area contributed by atoms with Crippen LogP contribution in [0.1, 0.15) is 52.0 Å². The molecule has 1 aromatic rings. The van der Waals surface area contributed by atoms with Crippen LogP contribution >= 0.6 is 15.9 Å². The Kier molecular flexibility index (Phi) is 4.42. The Labute approximate surface area is 126 Å². The van der Waals surface area contributed by atoms with E-state index < -0.39 is 0 Å². The maximum absolute atomic E-state index is 6.62. The van der Waals surface area contributed by atoms with Gasteiger partial charge in [0.25, 0.3) is 0 Å². The van der Waals surface area contributed by atoms with Gasteiger partial charge in [-0.3, -0.25) is 0 Å². The highest BCUT2D eigenvalue weighted by Gasteiger charge is 2.36. The maximum Gasteiger partial charge on any atom is 0.0195 e. The second-order valence-corrected chi connectivity index (χ2v) is 8.22. The van der Waals surface area contributed by atoms with Crippen LogP contribution in [0, 0.1) is 11.3 Å². The van der Waals surface area contributed by atoms with Crippen molar-refractivity contribution in [2.75, 3.05) is 0 Å². The predicted octanol–water partition coefficient (Wildman–Crippen LogP) is 4.93. The molecule has 2 heteroatoms. The number of rotatable bonds is 2. The van der Waals surface area contributed by atoms with Crippen molar-refractivity contribution in [1.29, 1.82) is 0 Å². The van der Waals surface area contributed by atoms with Crippen molar-refractivity contribution in [1.82, 2.24) is 0 Å². The molecule has 1 nitrogen and oxygen atoms in total. The summed E-state index contributed by atoms with van der Waals surface area (Å²) in [5.74, 6) is 0.828. The molecule has 0 saturated heterocycles. The van der Waals surface area contributed by atoms with Gasteiger partial charge >= 0.3 is 0 Å². The zero-order valence-electron chi connectivity index (χ0n) is 12.4. The van der Waals surface area contributed by atoms with Crippen molar-refractivity contribution in [2.45, 2.75) is 58.4 Å². The lowest BCUT2D eigenvalue weighted by Gasteiger charge is -2.42. The first-order valence-corrected chi connectivity index (χ1v) is 8.11. The van der Waals surface area contributed by atoms with Gasteiger partial charge in [-0.05, 0) is 61.1 Å². The third-order valence-corrected chi connectivity index (χ3v) is 5.20. The van der Waals surface area contributed by atoms with E-state index in [2.05, 4.69) is 61.0 Å². The van der Waals surface area contributed by atoms with Gasteiger partial charge in [0.1, 0.15) is 0 Å². The Morgan fingerprint density at radius 3 is 2.16 bits per heavy atom. The van der Waals surface area contributed by atoms with E-state index in [1.165, 1.54) is 18.4 Å². The molecule has 0 radical (unpaired) electrons.